The summed E-state index contributed by atoms with van der Waals surface area (Å²) in [6.45, 7) is 5.70. The van der Waals surface area contributed by atoms with Crippen LogP contribution in [-0.2, 0) is 6.54 Å². The molecule has 0 aliphatic carbocycles. The normalized spacial score (nSPS) is 24.2. The van der Waals surface area contributed by atoms with Gasteiger partial charge in [0.1, 0.15) is 0 Å². The summed E-state index contributed by atoms with van der Waals surface area (Å²) >= 11 is 0. The van der Waals surface area contributed by atoms with Gasteiger partial charge >= 0.3 is 6.18 Å². The molecule has 2 heterocycles. The molecule has 0 spiro atoms. The van der Waals surface area contributed by atoms with Crippen LogP contribution in [0.4, 0.5) is 13.2 Å². The van der Waals surface area contributed by atoms with Crippen molar-refractivity contribution < 1.29 is 13.2 Å². The van der Waals surface area contributed by atoms with Crippen LogP contribution in [0.2, 0.25) is 0 Å². The van der Waals surface area contributed by atoms with Gasteiger partial charge in [0.05, 0.1) is 5.92 Å². The van der Waals surface area contributed by atoms with Crippen LogP contribution in [0.5, 0.6) is 0 Å². The Morgan fingerprint density at radius 3 is 2.62 bits per heavy atom. The summed E-state index contributed by atoms with van der Waals surface area (Å²) in [5.41, 5.74) is 3.81. The summed E-state index contributed by atoms with van der Waals surface area (Å²) in [5, 5.41) is 3.39. The Bertz CT molecular complexity index is 550. The molecule has 3 rings (SSSR count). The van der Waals surface area contributed by atoms with Crippen LogP contribution in [0.25, 0.3) is 0 Å². The Balaban J connectivity index is 1.74. The lowest BCUT2D eigenvalue weighted by molar-refractivity contribution is -0.187. The fourth-order valence-corrected chi connectivity index (χ4v) is 4.08. The van der Waals surface area contributed by atoms with E-state index in [1.807, 2.05) is 4.90 Å². The lowest BCUT2D eigenvalue weighted by Gasteiger charge is -2.35. The van der Waals surface area contributed by atoms with E-state index in [4.69, 9.17) is 0 Å². The zero-order chi connectivity index (χ0) is 17.2. The van der Waals surface area contributed by atoms with Gasteiger partial charge in [-0.1, -0.05) is 23.8 Å². The number of likely N-dealkylation sites (tertiary alicyclic amines) is 1. The average molecular weight is 340 g/mol. The minimum Gasteiger partial charge on any atom is -0.317 e. The van der Waals surface area contributed by atoms with Crippen molar-refractivity contribution in [2.45, 2.75) is 51.2 Å². The molecule has 0 bridgehead atoms. The maximum absolute atomic E-state index is 13.0. The van der Waals surface area contributed by atoms with E-state index in [1.165, 1.54) is 16.7 Å². The number of nitrogens with one attached hydrogen (secondary N) is 1. The second-order valence-electron chi connectivity index (χ2n) is 7.34. The number of alkyl halides is 3. The molecule has 1 atom stereocenters. The number of hydrogen-bond donors (Lipinski definition) is 1. The van der Waals surface area contributed by atoms with Gasteiger partial charge in [0.15, 0.2) is 0 Å². The molecule has 2 nitrogen and oxygen atoms in total. The maximum Gasteiger partial charge on any atom is 0.393 e. The van der Waals surface area contributed by atoms with Gasteiger partial charge in [-0.2, -0.15) is 13.2 Å². The number of piperidine rings is 2. The van der Waals surface area contributed by atoms with E-state index in [-0.39, 0.29) is 13.0 Å². The minimum absolute atomic E-state index is 0.142. The first-order valence-electron chi connectivity index (χ1n) is 9.02. The first-order valence-corrected chi connectivity index (χ1v) is 9.02. The standard InChI is InChI=1S/C19H27F3N2/c1-14-4-5-16(18(11-14)15-6-8-23-9-7-15)12-24-10-2-3-17(13-24)19(20,21)22/h4-5,11,15,17,23H,2-3,6-10,12-13H2,1H3. The van der Waals surface area contributed by atoms with E-state index < -0.39 is 12.1 Å². The molecular weight excluding hydrogens is 313 g/mol. The molecule has 2 aliphatic heterocycles. The minimum atomic E-state index is -4.07. The molecule has 0 radical (unpaired) electrons. The van der Waals surface area contributed by atoms with E-state index in [9.17, 15) is 13.2 Å². The SMILES string of the molecule is Cc1ccc(CN2CCCC(C(F)(F)F)C2)c(C2CCNCC2)c1. The summed E-state index contributed by atoms with van der Waals surface area (Å²) in [5.74, 6) is -0.636. The number of hydrogen-bond acceptors (Lipinski definition) is 2. The van der Waals surface area contributed by atoms with Crippen molar-refractivity contribution >= 4 is 0 Å². The summed E-state index contributed by atoms with van der Waals surface area (Å²) in [6, 6.07) is 6.46. The van der Waals surface area contributed by atoms with Crippen LogP contribution in [0.15, 0.2) is 18.2 Å². The van der Waals surface area contributed by atoms with Gasteiger partial charge in [-0.15, -0.1) is 0 Å². The number of benzene rings is 1. The van der Waals surface area contributed by atoms with Crippen LogP contribution in [0, 0.1) is 12.8 Å². The lowest BCUT2D eigenvalue weighted by Crippen LogP contribution is -2.41. The fourth-order valence-electron chi connectivity index (χ4n) is 4.08. The molecule has 1 unspecified atom stereocenters. The van der Waals surface area contributed by atoms with E-state index in [1.54, 1.807) is 0 Å². The largest absolute Gasteiger partial charge is 0.393 e. The third kappa shape index (κ3) is 4.31. The summed E-state index contributed by atoms with van der Waals surface area (Å²) in [7, 11) is 0. The lowest BCUT2D eigenvalue weighted by atomic mass is 9.85. The van der Waals surface area contributed by atoms with E-state index in [0.717, 1.165) is 32.5 Å². The topological polar surface area (TPSA) is 15.3 Å². The molecular formula is C19H27F3N2. The Kier molecular flexibility index (Phi) is 5.50. The van der Waals surface area contributed by atoms with Crippen LogP contribution >= 0.6 is 0 Å². The molecule has 1 N–H and O–H groups in total. The van der Waals surface area contributed by atoms with Crippen molar-refractivity contribution in [2.24, 2.45) is 5.92 Å². The third-order valence-corrected chi connectivity index (χ3v) is 5.44. The van der Waals surface area contributed by atoms with E-state index >= 15 is 0 Å². The number of aryl methyl sites for hydroxylation is 1. The van der Waals surface area contributed by atoms with Gasteiger partial charge in [-0.25, -0.2) is 0 Å². The second kappa shape index (κ2) is 7.44. The molecule has 134 valence electrons. The maximum atomic E-state index is 13.0. The van der Waals surface area contributed by atoms with Crippen LogP contribution in [0.1, 0.15) is 48.3 Å². The Hall–Kier alpha value is -1.07. The van der Waals surface area contributed by atoms with Crippen molar-refractivity contribution in [2.75, 3.05) is 26.2 Å². The van der Waals surface area contributed by atoms with Crippen molar-refractivity contribution in [1.82, 2.24) is 10.2 Å². The molecule has 5 heteroatoms. The van der Waals surface area contributed by atoms with Crippen molar-refractivity contribution in [1.29, 1.82) is 0 Å². The third-order valence-electron chi connectivity index (χ3n) is 5.44. The van der Waals surface area contributed by atoms with Gasteiger partial charge in [0.25, 0.3) is 0 Å². The molecule has 2 aliphatic rings. The molecule has 24 heavy (non-hydrogen) atoms. The summed E-state index contributed by atoms with van der Waals surface area (Å²) < 4.78 is 39.1. The zero-order valence-electron chi connectivity index (χ0n) is 14.3. The predicted octanol–water partition coefficient (Wildman–Crippen LogP) is 4.24. The van der Waals surface area contributed by atoms with Crippen molar-refractivity contribution in [3.8, 4) is 0 Å². The first kappa shape index (κ1) is 17.7. The molecule has 2 saturated heterocycles. The molecule has 0 amide bonds. The van der Waals surface area contributed by atoms with Gasteiger partial charge in [-0.05, 0) is 69.3 Å². The number of rotatable bonds is 3. The fraction of sp³-hybridized carbons (Fsp3) is 0.684. The first-order chi connectivity index (χ1) is 11.4. The number of halogens is 3. The highest BCUT2D eigenvalue weighted by atomic mass is 19.4. The van der Waals surface area contributed by atoms with Gasteiger partial charge < -0.3 is 5.32 Å². The Labute approximate surface area is 142 Å². The zero-order valence-corrected chi connectivity index (χ0v) is 14.3. The smallest absolute Gasteiger partial charge is 0.317 e. The highest BCUT2D eigenvalue weighted by molar-refractivity contribution is 5.34. The highest BCUT2D eigenvalue weighted by Crippen LogP contribution is 2.35. The Morgan fingerprint density at radius 1 is 1.17 bits per heavy atom. The Morgan fingerprint density at radius 2 is 1.92 bits per heavy atom. The molecule has 1 aromatic rings. The van der Waals surface area contributed by atoms with E-state index in [0.29, 0.717) is 18.9 Å². The molecule has 1 aromatic carbocycles. The van der Waals surface area contributed by atoms with Crippen LogP contribution in [0.3, 0.4) is 0 Å². The monoisotopic (exact) mass is 340 g/mol. The van der Waals surface area contributed by atoms with Crippen LogP contribution < -0.4 is 5.32 Å². The van der Waals surface area contributed by atoms with E-state index in [2.05, 4.69) is 30.4 Å². The highest BCUT2D eigenvalue weighted by Gasteiger charge is 2.41. The molecule has 2 fully saturated rings. The van der Waals surface area contributed by atoms with Crippen LogP contribution in [-0.4, -0.2) is 37.3 Å². The predicted molar refractivity (Wildman–Crippen MR) is 90.1 cm³/mol. The average Bonchev–Trinajstić information content (AvgIpc) is 2.57. The van der Waals surface area contributed by atoms with Gasteiger partial charge in [0.2, 0.25) is 0 Å². The molecule has 0 aromatic heterocycles. The summed E-state index contributed by atoms with van der Waals surface area (Å²) in [6.07, 6.45) is -0.930. The van der Waals surface area contributed by atoms with Gasteiger partial charge in [-0.3, -0.25) is 4.90 Å². The second-order valence-corrected chi connectivity index (χ2v) is 7.34. The quantitative estimate of drug-likeness (QED) is 0.885. The van der Waals surface area contributed by atoms with Gasteiger partial charge in [0, 0.05) is 13.1 Å². The van der Waals surface area contributed by atoms with Crippen molar-refractivity contribution in [3.05, 3.63) is 34.9 Å². The molecule has 0 saturated carbocycles. The summed E-state index contributed by atoms with van der Waals surface area (Å²) in [4.78, 5) is 2.00. The number of nitrogens with zero attached hydrogens (tertiary/aromatic N) is 1. The van der Waals surface area contributed by atoms with Crippen molar-refractivity contribution in [3.63, 3.8) is 0 Å².